The summed E-state index contributed by atoms with van der Waals surface area (Å²) in [6, 6.07) is 6.33. The summed E-state index contributed by atoms with van der Waals surface area (Å²) < 4.78 is 1.09. The van der Waals surface area contributed by atoms with Crippen LogP contribution < -0.4 is 10.6 Å². The minimum Gasteiger partial charge on any atom is -0.374 e. The molecule has 0 bridgehead atoms. The van der Waals surface area contributed by atoms with E-state index in [9.17, 15) is 0 Å². The van der Waals surface area contributed by atoms with E-state index in [1.165, 1.54) is 5.69 Å². The molecule has 1 aromatic carbocycles. The topological polar surface area (TPSA) is 29.3 Å². The monoisotopic (exact) mass is 270 g/mol. The highest BCUT2D eigenvalue weighted by atomic mass is 79.9. The molecule has 0 aromatic heterocycles. The van der Waals surface area contributed by atoms with Gasteiger partial charge in [-0.25, -0.2) is 0 Å². The Morgan fingerprint density at radius 1 is 1.33 bits per heavy atom. The average Bonchev–Trinajstić information content (AvgIpc) is 2.15. The zero-order valence-electron chi connectivity index (χ0n) is 9.63. The van der Waals surface area contributed by atoms with E-state index in [1.54, 1.807) is 0 Å². The van der Waals surface area contributed by atoms with Gasteiger partial charge < -0.3 is 10.6 Å². The van der Waals surface area contributed by atoms with Crippen LogP contribution in [0.2, 0.25) is 0 Å². The van der Waals surface area contributed by atoms with Gasteiger partial charge in [-0.15, -0.1) is 0 Å². The van der Waals surface area contributed by atoms with Crippen molar-refractivity contribution in [1.82, 2.24) is 0 Å². The zero-order valence-corrected chi connectivity index (χ0v) is 11.2. The summed E-state index contributed by atoms with van der Waals surface area (Å²) in [4.78, 5) is 2.26. The maximum absolute atomic E-state index is 5.65. The van der Waals surface area contributed by atoms with E-state index in [0.717, 1.165) is 16.6 Å². The number of nitrogens with two attached hydrogens (primary N) is 1. The van der Waals surface area contributed by atoms with Gasteiger partial charge in [0.05, 0.1) is 0 Å². The minimum atomic E-state index is 0.585. The number of hydrogen-bond donors (Lipinski definition) is 1. The lowest BCUT2D eigenvalue weighted by Gasteiger charge is -2.22. The van der Waals surface area contributed by atoms with E-state index in [2.05, 4.69) is 59.9 Å². The van der Waals surface area contributed by atoms with Crippen LogP contribution in [-0.4, -0.2) is 13.6 Å². The van der Waals surface area contributed by atoms with Gasteiger partial charge >= 0.3 is 0 Å². The molecule has 0 unspecified atom stereocenters. The lowest BCUT2D eigenvalue weighted by atomic mass is 10.1. The summed E-state index contributed by atoms with van der Waals surface area (Å²) in [5.41, 5.74) is 8.03. The van der Waals surface area contributed by atoms with Gasteiger partial charge in [-0.2, -0.15) is 0 Å². The molecular formula is C12H19BrN2. The first-order valence-electron chi connectivity index (χ1n) is 5.23. The molecule has 1 rings (SSSR count). The van der Waals surface area contributed by atoms with E-state index < -0.39 is 0 Å². The maximum Gasteiger partial charge on any atom is 0.0378 e. The first-order chi connectivity index (χ1) is 7.02. The number of hydrogen-bond acceptors (Lipinski definition) is 2. The molecular weight excluding hydrogens is 252 g/mol. The van der Waals surface area contributed by atoms with E-state index >= 15 is 0 Å². The van der Waals surface area contributed by atoms with Gasteiger partial charge in [0, 0.05) is 30.3 Å². The second kappa shape index (κ2) is 5.52. The molecule has 0 saturated carbocycles. The van der Waals surface area contributed by atoms with Crippen molar-refractivity contribution in [2.75, 3.05) is 18.5 Å². The van der Waals surface area contributed by atoms with Crippen molar-refractivity contribution in [3.05, 3.63) is 28.2 Å². The summed E-state index contributed by atoms with van der Waals surface area (Å²) in [7, 11) is 2.11. The molecule has 0 amide bonds. The minimum absolute atomic E-state index is 0.585. The van der Waals surface area contributed by atoms with Crippen molar-refractivity contribution in [2.24, 2.45) is 11.7 Å². The van der Waals surface area contributed by atoms with Crippen LogP contribution in [-0.2, 0) is 6.54 Å². The van der Waals surface area contributed by atoms with Crippen molar-refractivity contribution in [2.45, 2.75) is 20.4 Å². The van der Waals surface area contributed by atoms with Gasteiger partial charge in [0.1, 0.15) is 0 Å². The lowest BCUT2D eigenvalue weighted by molar-refractivity contribution is 0.638. The van der Waals surface area contributed by atoms with E-state index in [4.69, 9.17) is 5.73 Å². The van der Waals surface area contributed by atoms with Gasteiger partial charge in [-0.3, -0.25) is 0 Å². The quantitative estimate of drug-likeness (QED) is 0.912. The Balaban J connectivity index is 2.88. The highest BCUT2D eigenvalue weighted by molar-refractivity contribution is 9.10. The van der Waals surface area contributed by atoms with Crippen molar-refractivity contribution < 1.29 is 0 Å². The van der Waals surface area contributed by atoms with Gasteiger partial charge in [0.15, 0.2) is 0 Å². The molecule has 2 nitrogen and oxygen atoms in total. The Morgan fingerprint density at radius 3 is 2.53 bits per heavy atom. The number of halogens is 1. The van der Waals surface area contributed by atoms with Crippen LogP contribution in [0.1, 0.15) is 19.4 Å². The molecule has 0 saturated heterocycles. The Hall–Kier alpha value is -0.540. The second-order valence-corrected chi connectivity index (χ2v) is 5.21. The fourth-order valence-corrected chi connectivity index (χ4v) is 2.15. The van der Waals surface area contributed by atoms with Crippen LogP contribution in [0.25, 0.3) is 0 Å². The molecule has 0 aliphatic rings. The SMILES string of the molecule is CC(C)CN(C)c1cc(Br)cc(CN)c1. The Kier molecular flexibility index (Phi) is 4.61. The van der Waals surface area contributed by atoms with Gasteiger partial charge in [0.25, 0.3) is 0 Å². The van der Waals surface area contributed by atoms with Crippen molar-refractivity contribution in [3.8, 4) is 0 Å². The fourth-order valence-electron chi connectivity index (χ4n) is 1.62. The highest BCUT2D eigenvalue weighted by Gasteiger charge is 2.05. The predicted molar refractivity (Wildman–Crippen MR) is 70.1 cm³/mol. The molecule has 0 aliphatic carbocycles. The molecule has 0 heterocycles. The molecule has 1 aromatic rings. The summed E-state index contributed by atoms with van der Waals surface area (Å²) in [6.07, 6.45) is 0. The summed E-state index contributed by atoms with van der Waals surface area (Å²) in [5, 5.41) is 0. The first-order valence-corrected chi connectivity index (χ1v) is 6.03. The normalized spacial score (nSPS) is 10.8. The predicted octanol–water partition coefficient (Wildman–Crippen LogP) is 3.00. The maximum atomic E-state index is 5.65. The van der Waals surface area contributed by atoms with E-state index in [1.807, 2.05) is 0 Å². The Morgan fingerprint density at radius 2 is 2.00 bits per heavy atom. The summed E-state index contributed by atoms with van der Waals surface area (Å²) >= 11 is 3.51. The first kappa shape index (κ1) is 12.5. The summed E-state index contributed by atoms with van der Waals surface area (Å²) in [5.74, 6) is 0.662. The third kappa shape index (κ3) is 3.84. The van der Waals surface area contributed by atoms with Crippen molar-refractivity contribution in [3.63, 3.8) is 0 Å². The van der Waals surface area contributed by atoms with E-state index in [0.29, 0.717) is 12.5 Å². The molecule has 3 heteroatoms. The Labute approximate surface area is 101 Å². The van der Waals surface area contributed by atoms with Crippen LogP contribution in [0.15, 0.2) is 22.7 Å². The van der Waals surface area contributed by atoms with Gasteiger partial charge in [-0.1, -0.05) is 29.8 Å². The van der Waals surface area contributed by atoms with Crippen molar-refractivity contribution in [1.29, 1.82) is 0 Å². The van der Waals surface area contributed by atoms with Crippen LogP contribution in [0.3, 0.4) is 0 Å². The van der Waals surface area contributed by atoms with Crippen LogP contribution >= 0.6 is 15.9 Å². The third-order valence-corrected chi connectivity index (χ3v) is 2.72. The molecule has 0 fully saturated rings. The molecule has 2 N–H and O–H groups in total. The van der Waals surface area contributed by atoms with E-state index in [-0.39, 0.29) is 0 Å². The number of nitrogens with zero attached hydrogens (tertiary/aromatic N) is 1. The van der Waals surface area contributed by atoms with Crippen molar-refractivity contribution >= 4 is 21.6 Å². The summed E-state index contributed by atoms with van der Waals surface area (Å²) in [6.45, 7) is 6.08. The van der Waals surface area contributed by atoms with Gasteiger partial charge in [-0.05, 0) is 29.7 Å². The molecule has 0 atom stereocenters. The average molecular weight is 271 g/mol. The van der Waals surface area contributed by atoms with Crippen LogP contribution in [0.5, 0.6) is 0 Å². The smallest absolute Gasteiger partial charge is 0.0378 e. The second-order valence-electron chi connectivity index (χ2n) is 4.30. The highest BCUT2D eigenvalue weighted by Crippen LogP contribution is 2.22. The third-order valence-electron chi connectivity index (χ3n) is 2.26. The molecule has 0 radical (unpaired) electrons. The number of anilines is 1. The molecule has 0 aliphatic heterocycles. The standard InChI is InChI=1S/C12H19BrN2/c1-9(2)8-15(3)12-5-10(7-14)4-11(13)6-12/h4-6,9H,7-8,14H2,1-3H3. The molecule has 84 valence electrons. The zero-order chi connectivity index (χ0) is 11.4. The number of benzene rings is 1. The molecule has 15 heavy (non-hydrogen) atoms. The molecule has 0 spiro atoms. The largest absolute Gasteiger partial charge is 0.374 e. The number of rotatable bonds is 4. The van der Waals surface area contributed by atoms with Gasteiger partial charge in [0.2, 0.25) is 0 Å². The Bertz CT molecular complexity index is 323. The fraction of sp³-hybridized carbons (Fsp3) is 0.500. The van der Waals surface area contributed by atoms with Crippen LogP contribution in [0.4, 0.5) is 5.69 Å². The lowest BCUT2D eigenvalue weighted by Crippen LogP contribution is -2.22. The van der Waals surface area contributed by atoms with Crippen LogP contribution in [0, 0.1) is 5.92 Å².